The van der Waals surface area contributed by atoms with E-state index in [4.69, 9.17) is 5.11 Å². The summed E-state index contributed by atoms with van der Waals surface area (Å²) < 4.78 is 0. The molecule has 1 aliphatic heterocycles. The topological polar surface area (TPSA) is 52.6 Å². The van der Waals surface area contributed by atoms with Gasteiger partial charge in [0.25, 0.3) is 0 Å². The Morgan fingerprint density at radius 3 is 2.37 bits per heavy atom. The number of hydrogen-bond acceptors (Lipinski definition) is 2. The third-order valence-corrected chi connectivity index (χ3v) is 4.13. The third-order valence-electron chi connectivity index (χ3n) is 4.13. The van der Waals surface area contributed by atoms with Crippen LogP contribution in [0.1, 0.15) is 33.9 Å². The van der Waals surface area contributed by atoms with Crippen molar-refractivity contribution in [2.45, 2.75) is 33.7 Å². The monoisotopic (exact) mass is 262 g/mol. The van der Waals surface area contributed by atoms with E-state index in [0.717, 1.165) is 0 Å². The molecule has 4 heteroatoms. The van der Waals surface area contributed by atoms with Crippen molar-refractivity contribution in [2.75, 3.05) is 19.7 Å². The van der Waals surface area contributed by atoms with Crippen molar-refractivity contribution >= 4 is 6.03 Å². The molecule has 1 aromatic rings. The van der Waals surface area contributed by atoms with E-state index in [1.807, 2.05) is 0 Å². The summed E-state index contributed by atoms with van der Waals surface area (Å²) >= 11 is 0. The highest BCUT2D eigenvalue weighted by Crippen LogP contribution is 2.30. The van der Waals surface area contributed by atoms with Gasteiger partial charge < -0.3 is 15.3 Å². The number of carbonyl (C=O) groups excluding carboxylic acids is 1. The van der Waals surface area contributed by atoms with Gasteiger partial charge in [-0.2, -0.15) is 0 Å². The number of nitrogens with one attached hydrogen (secondary N) is 1. The average Bonchev–Trinajstić information content (AvgIpc) is 2.69. The largest absolute Gasteiger partial charge is 0.395 e. The van der Waals surface area contributed by atoms with Crippen LogP contribution in [0.3, 0.4) is 0 Å². The number of rotatable bonds is 3. The van der Waals surface area contributed by atoms with Crippen LogP contribution in [0.2, 0.25) is 0 Å². The Hall–Kier alpha value is -1.55. The van der Waals surface area contributed by atoms with Crippen LogP contribution < -0.4 is 5.32 Å². The molecule has 1 atom stereocenters. The minimum atomic E-state index is -0.0861. The van der Waals surface area contributed by atoms with Gasteiger partial charge in [-0.15, -0.1) is 0 Å². The normalized spacial score (nSPS) is 18.9. The van der Waals surface area contributed by atoms with Gasteiger partial charge in [-0.1, -0.05) is 6.07 Å². The van der Waals surface area contributed by atoms with Crippen molar-refractivity contribution in [1.82, 2.24) is 10.2 Å². The Morgan fingerprint density at radius 2 is 1.84 bits per heavy atom. The molecule has 2 rings (SSSR count). The Bertz CT molecular complexity index is 485. The van der Waals surface area contributed by atoms with E-state index < -0.39 is 0 Å². The molecule has 19 heavy (non-hydrogen) atoms. The maximum Gasteiger partial charge on any atom is 0.318 e. The summed E-state index contributed by atoms with van der Waals surface area (Å²) in [6.45, 7) is 9.46. The highest BCUT2D eigenvalue weighted by atomic mass is 16.3. The Kier molecular flexibility index (Phi) is 3.80. The number of hydrogen-bond donors (Lipinski definition) is 2. The zero-order valence-electron chi connectivity index (χ0n) is 12.1. The van der Waals surface area contributed by atoms with Crippen LogP contribution in [0.5, 0.6) is 0 Å². The maximum absolute atomic E-state index is 11.8. The second-order valence-electron chi connectivity index (χ2n) is 5.35. The molecule has 0 spiro atoms. The van der Waals surface area contributed by atoms with Gasteiger partial charge in [0.05, 0.1) is 12.6 Å². The number of amides is 2. The minimum absolute atomic E-state index is 0.00491. The first-order valence-electron chi connectivity index (χ1n) is 6.69. The lowest BCUT2D eigenvalue weighted by atomic mass is 9.90. The van der Waals surface area contributed by atoms with Crippen LogP contribution in [0.4, 0.5) is 4.79 Å². The molecule has 0 aliphatic carbocycles. The second kappa shape index (κ2) is 5.21. The van der Waals surface area contributed by atoms with E-state index in [9.17, 15) is 4.79 Å². The summed E-state index contributed by atoms with van der Waals surface area (Å²) in [5.74, 6) is 0. The van der Waals surface area contributed by atoms with Gasteiger partial charge in [-0.3, -0.25) is 0 Å². The Labute approximate surface area is 114 Å². The van der Waals surface area contributed by atoms with Gasteiger partial charge in [-0.25, -0.2) is 4.79 Å². The molecule has 2 N–H and O–H groups in total. The number of aryl methyl sites for hydroxylation is 2. The van der Waals surface area contributed by atoms with E-state index in [0.29, 0.717) is 13.1 Å². The number of aliphatic hydroxyl groups excluding tert-OH is 1. The highest BCUT2D eigenvalue weighted by Gasteiger charge is 2.31. The molecule has 0 bridgehead atoms. The summed E-state index contributed by atoms with van der Waals surface area (Å²) in [4.78, 5) is 13.5. The van der Waals surface area contributed by atoms with Crippen LogP contribution in [0, 0.1) is 27.7 Å². The van der Waals surface area contributed by atoms with Crippen LogP contribution in [-0.2, 0) is 0 Å². The molecule has 1 saturated heterocycles. The van der Waals surface area contributed by atoms with E-state index in [2.05, 4.69) is 39.1 Å². The van der Waals surface area contributed by atoms with Crippen molar-refractivity contribution in [1.29, 1.82) is 0 Å². The van der Waals surface area contributed by atoms with Crippen molar-refractivity contribution < 1.29 is 9.90 Å². The molecule has 0 aromatic heterocycles. The molecule has 1 heterocycles. The van der Waals surface area contributed by atoms with E-state index >= 15 is 0 Å². The molecule has 1 aromatic carbocycles. The third kappa shape index (κ3) is 2.45. The minimum Gasteiger partial charge on any atom is -0.395 e. The quantitative estimate of drug-likeness (QED) is 0.875. The van der Waals surface area contributed by atoms with Crippen LogP contribution >= 0.6 is 0 Å². The molecule has 1 fully saturated rings. The number of benzene rings is 1. The first-order chi connectivity index (χ1) is 8.95. The summed E-state index contributed by atoms with van der Waals surface area (Å²) in [6, 6.07) is 2.13. The molecular weight excluding hydrogens is 240 g/mol. The van der Waals surface area contributed by atoms with Gasteiger partial charge in [0.2, 0.25) is 0 Å². The summed E-state index contributed by atoms with van der Waals surface area (Å²) in [6.07, 6.45) is 0. The lowest BCUT2D eigenvalue weighted by molar-refractivity contribution is 0.196. The number of carbonyl (C=O) groups is 1. The van der Waals surface area contributed by atoms with Gasteiger partial charge in [0.1, 0.15) is 0 Å². The highest BCUT2D eigenvalue weighted by molar-refractivity contribution is 5.77. The Morgan fingerprint density at radius 1 is 1.26 bits per heavy atom. The fraction of sp³-hybridized carbons (Fsp3) is 0.533. The molecule has 0 saturated carbocycles. The van der Waals surface area contributed by atoms with E-state index in [1.165, 1.54) is 27.8 Å². The molecule has 1 aliphatic rings. The fourth-order valence-electron chi connectivity index (χ4n) is 2.84. The van der Waals surface area contributed by atoms with Crippen molar-refractivity contribution in [2.24, 2.45) is 0 Å². The predicted molar refractivity (Wildman–Crippen MR) is 75.3 cm³/mol. The number of β-amino-alcohol motifs (C(OH)–C–C–N with tert-alkyl or cyclic N) is 1. The zero-order chi connectivity index (χ0) is 14.2. The molecule has 2 amide bonds. The maximum atomic E-state index is 11.8. The smallest absolute Gasteiger partial charge is 0.318 e. The number of urea groups is 1. The first kappa shape index (κ1) is 13.9. The van der Waals surface area contributed by atoms with Crippen LogP contribution in [0.25, 0.3) is 0 Å². The molecule has 0 radical (unpaired) electrons. The van der Waals surface area contributed by atoms with E-state index in [-0.39, 0.29) is 18.7 Å². The van der Waals surface area contributed by atoms with Crippen molar-refractivity contribution in [3.63, 3.8) is 0 Å². The fourth-order valence-corrected chi connectivity index (χ4v) is 2.84. The Balaban J connectivity index is 2.36. The van der Waals surface area contributed by atoms with Gasteiger partial charge in [0, 0.05) is 13.1 Å². The zero-order valence-corrected chi connectivity index (χ0v) is 12.1. The predicted octanol–water partition coefficient (Wildman–Crippen LogP) is 1.98. The SMILES string of the molecule is Cc1cc(C)c(C)c(C2CN(CCO)C(=O)N2)c1C. The first-order valence-corrected chi connectivity index (χ1v) is 6.69. The van der Waals surface area contributed by atoms with Crippen molar-refractivity contribution in [3.05, 3.63) is 33.9 Å². The molecular formula is C15H22N2O2. The van der Waals surface area contributed by atoms with Gasteiger partial charge in [0.15, 0.2) is 0 Å². The number of nitrogens with zero attached hydrogens (tertiary/aromatic N) is 1. The summed E-state index contributed by atoms with van der Waals surface area (Å²) in [5, 5.41) is 12.0. The van der Waals surface area contributed by atoms with Crippen LogP contribution in [-0.4, -0.2) is 35.7 Å². The van der Waals surface area contributed by atoms with Gasteiger partial charge >= 0.3 is 6.03 Å². The van der Waals surface area contributed by atoms with Crippen LogP contribution in [0.15, 0.2) is 6.07 Å². The summed E-state index contributed by atoms with van der Waals surface area (Å²) in [5.41, 5.74) is 6.24. The number of aliphatic hydroxyl groups is 1. The molecule has 104 valence electrons. The lowest BCUT2D eigenvalue weighted by Crippen LogP contribution is -2.30. The van der Waals surface area contributed by atoms with Crippen molar-refractivity contribution in [3.8, 4) is 0 Å². The standard InChI is InChI=1S/C15H22N2O2/c1-9-7-10(2)12(4)14(11(9)3)13-8-17(5-6-18)15(19)16-13/h7,13,18H,5-6,8H2,1-4H3,(H,16,19). The molecule has 4 nitrogen and oxygen atoms in total. The molecule has 1 unspecified atom stereocenters. The lowest BCUT2D eigenvalue weighted by Gasteiger charge is -2.20. The average molecular weight is 262 g/mol. The van der Waals surface area contributed by atoms with E-state index in [1.54, 1.807) is 4.90 Å². The van der Waals surface area contributed by atoms with Gasteiger partial charge in [-0.05, 0) is 55.5 Å². The summed E-state index contributed by atoms with van der Waals surface area (Å²) in [7, 11) is 0. The second-order valence-corrected chi connectivity index (χ2v) is 5.35.